The second-order valence-electron chi connectivity index (χ2n) is 4.97. The molecule has 1 aromatic heterocycles. The summed E-state index contributed by atoms with van der Waals surface area (Å²) < 4.78 is 0. The van der Waals surface area contributed by atoms with Crippen LogP contribution in [0.5, 0.6) is 0 Å². The van der Waals surface area contributed by atoms with Gasteiger partial charge in [0.2, 0.25) is 0 Å². The molecule has 3 heteroatoms. The summed E-state index contributed by atoms with van der Waals surface area (Å²) >= 11 is 0. The molecule has 0 bridgehead atoms. The Bertz CT molecular complexity index is 569. The van der Waals surface area contributed by atoms with Crippen LogP contribution in [0.4, 0.5) is 0 Å². The molecule has 1 aliphatic carbocycles. The van der Waals surface area contributed by atoms with E-state index >= 15 is 0 Å². The van der Waals surface area contributed by atoms with Crippen molar-refractivity contribution in [2.75, 3.05) is 13.1 Å². The van der Waals surface area contributed by atoms with Crippen molar-refractivity contribution >= 4 is 16.7 Å². The molecule has 0 amide bonds. The van der Waals surface area contributed by atoms with Gasteiger partial charge in [0.1, 0.15) is 0 Å². The molecule has 0 aliphatic heterocycles. The molecule has 18 heavy (non-hydrogen) atoms. The van der Waals surface area contributed by atoms with Crippen molar-refractivity contribution in [3.63, 3.8) is 0 Å². The maximum absolute atomic E-state index is 12.4. The number of ketones is 1. The predicted molar refractivity (Wildman–Crippen MR) is 72.9 cm³/mol. The number of carbonyl (C=O) groups excluding carboxylic acids is 1. The van der Waals surface area contributed by atoms with Crippen LogP contribution in [0.25, 0.3) is 10.9 Å². The number of likely N-dealkylation sites (N-methyl/N-ethyl adjacent to an activating group) is 1. The second-order valence-corrected chi connectivity index (χ2v) is 4.97. The third-order valence-corrected chi connectivity index (χ3v) is 3.71. The zero-order valence-electron chi connectivity index (χ0n) is 10.6. The number of aromatic nitrogens is 1. The molecule has 0 atom stereocenters. The van der Waals surface area contributed by atoms with E-state index in [1.165, 1.54) is 12.8 Å². The summed E-state index contributed by atoms with van der Waals surface area (Å²) in [5.74, 6) is 0.223. The van der Waals surface area contributed by atoms with E-state index in [9.17, 15) is 4.79 Å². The fourth-order valence-corrected chi connectivity index (χ4v) is 2.51. The van der Waals surface area contributed by atoms with Gasteiger partial charge >= 0.3 is 0 Å². The number of fused-ring (bicyclic) bond motifs is 1. The molecular weight excluding hydrogens is 224 g/mol. The van der Waals surface area contributed by atoms with Gasteiger partial charge in [0.15, 0.2) is 5.78 Å². The van der Waals surface area contributed by atoms with Crippen LogP contribution in [0.15, 0.2) is 30.5 Å². The van der Waals surface area contributed by atoms with Crippen LogP contribution in [0.2, 0.25) is 0 Å². The Balaban J connectivity index is 1.83. The molecule has 94 valence electrons. The van der Waals surface area contributed by atoms with E-state index in [2.05, 4.69) is 16.8 Å². The molecule has 0 unspecified atom stereocenters. The molecule has 3 nitrogen and oxygen atoms in total. The number of benzene rings is 1. The van der Waals surface area contributed by atoms with E-state index in [0.717, 1.165) is 23.0 Å². The van der Waals surface area contributed by atoms with Crippen LogP contribution < -0.4 is 0 Å². The van der Waals surface area contributed by atoms with Gasteiger partial charge < -0.3 is 4.98 Å². The van der Waals surface area contributed by atoms with Gasteiger partial charge in [-0.3, -0.25) is 9.69 Å². The molecule has 1 fully saturated rings. The van der Waals surface area contributed by atoms with E-state index < -0.39 is 0 Å². The van der Waals surface area contributed by atoms with Crippen molar-refractivity contribution in [3.8, 4) is 0 Å². The smallest absolute Gasteiger partial charge is 0.178 e. The number of nitrogens with zero attached hydrogens (tertiary/aromatic N) is 1. The number of hydrogen-bond donors (Lipinski definition) is 1. The Morgan fingerprint density at radius 3 is 2.89 bits per heavy atom. The number of aromatic amines is 1. The first-order chi connectivity index (χ1) is 8.79. The molecule has 2 aromatic rings. The van der Waals surface area contributed by atoms with Gasteiger partial charge in [-0.05, 0) is 25.5 Å². The van der Waals surface area contributed by atoms with E-state index in [1.807, 2.05) is 30.5 Å². The molecule has 0 spiro atoms. The molecule has 0 radical (unpaired) electrons. The summed E-state index contributed by atoms with van der Waals surface area (Å²) in [5.41, 5.74) is 1.86. The molecule has 0 saturated heterocycles. The number of Topliss-reactive ketones (excluding diaryl/α,β-unsaturated/α-hetero) is 1. The summed E-state index contributed by atoms with van der Waals surface area (Å²) in [4.78, 5) is 17.8. The monoisotopic (exact) mass is 242 g/mol. The van der Waals surface area contributed by atoms with Gasteiger partial charge in [-0.15, -0.1) is 0 Å². The van der Waals surface area contributed by atoms with Crippen LogP contribution in [0.3, 0.4) is 0 Å². The number of para-hydroxylation sites is 1. The Labute approximate surface area is 107 Å². The summed E-state index contributed by atoms with van der Waals surface area (Å²) in [5, 5.41) is 1.04. The van der Waals surface area contributed by atoms with E-state index in [1.54, 1.807) is 0 Å². The fraction of sp³-hybridized carbons (Fsp3) is 0.400. The van der Waals surface area contributed by atoms with Crippen molar-refractivity contribution < 1.29 is 4.79 Å². The van der Waals surface area contributed by atoms with Gasteiger partial charge in [-0.1, -0.05) is 25.1 Å². The third kappa shape index (κ3) is 2.06. The lowest BCUT2D eigenvalue weighted by Gasteiger charge is -2.18. The number of rotatable bonds is 5. The topological polar surface area (TPSA) is 36.1 Å². The third-order valence-electron chi connectivity index (χ3n) is 3.71. The largest absolute Gasteiger partial charge is 0.360 e. The highest BCUT2D eigenvalue weighted by Gasteiger charge is 2.29. The summed E-state index contributed by atoms with van der Waals surface area (Å²) in [6.45, 7) is 3.63. The molecule has 3 rings (SSSR count). The lowest BCUT2D eigenvalue weighted by atomic mass is 10.1. The van der Waals surface area contributed by atoms with Crippen LogP contribution >= 0.6 is 0 Å². The van der Waals surface area contributed by atoms with Crippen molar-refractivity contribution in [1.29, 1.82) is 0 Å². The van der Waals surface area contributed by atoms with Crippen molar-refractivity contribution in [2.45, 2.75) is 25.8 Å². The zero-order chi connectivity index (χ0) is 12.5. The number of nitrogens with one attached hydrogen (secondary N) is 1. The predicted octanol–water partition coefficient (Wildman–Crippen LogP) is 2.83. The first kappa shape index (κ1) is 11.5. The van der Waals surface area contributed by atoms with Crippen molar-refractivity contribution in [3.05, 3.63) is 36.0 Å². The lowest BCUT2D eigenvalue weighted by molar-refractivity contribution is 0.0930. The Morgan fingerprint density at radius 1 is 1.39 bits per heavy atom. The minimum atomic E-state index is 0.223. The van der Waals surface area contributed by atoms with Crippen molar-refractivity contribution in [1.82, 2.24) is 9.88 Å². The normalized spacial score (nSPS) is 15.4. The van der Waals surface area contributed by atoms with Crippen LogP contribution in [0, 0.1) is 0 Å². The summed E-state index contributed by atoms with van der Waals surface area (Å²) in [7, 11) is 0. The van der Waals surface area contributed by atoms with E-state index in [-0.39, 0.29) is 5.78 Å². The average molecular weight is 242 g/mol. The van der Waals surface area contributed by atoms with Gasteiger partial charge in [-0.2, -0.15) is 0 Å². The first-order valence-corrected chi connectivity index (χ1v) is 6.63. The fourth-order valence-electron chi connectivity index (χ4n) is 2.51. The zero-order valence-corrected chi connectivity index (χ0v) is 10.6. The number of H-pyrrole nitrogens is 1. The highest BCUT2D eigenvalue weighted by Crippen LogP contribution is 2.27. The molecule has 1 aliphatic rings. The van der Waals surface area contributed by atoms with Crippen LogP contribution in [0.1, 0.15) is 30.1 Å². The van der Waals surface area contributed by atoms with Gasteiger partial charge in [0.25, 0.3) is 0 Å². The van der Waals surface area contributed by atoms with E-state index in [4.69, 9.17) is 0 Å². The molecule has 1 heterocycles. The Hall–Kier alpha value is -1.61. The average Bonchev–Trinajstić information content (AvgIpc) is 3.14. The Morgan fingerprint density at radius 2 is 2.17 bits per heavy atom. The Kier molecular flexibility index (Phi) is 2.92. The van der Waals surface area contributed by atoms with Gasteiger partial charge in [-0.25, -0.2) is 0 Å². The highest BCUT2D eigenvalue weighted by atomic mass is 16.1. The first-order valence-electron chi connectivity index (χ1n) is 6.63. The van der Waals surface area contributed by atoms with Crippen LogP contribution in [-0.2, 0) is 0 Å². The number of hydrogen-bond acceptors (Lipinski definition) is 2. The SMILES string of the molecule is CCN(CC(=O)c1c[nH]c2ccccc12)C1CC1. The molecule has 1 saturated carbocycles. The van der Waals surface area contributed by atoms with Gasteiger partial charge in [0, 0.05) is 28.7 Å². The summed E-state index contributed by atoms with van der Waals surface area (Å²) in [6, 6.07) is 8.61. The lowest BCUT2D eigenvalue weighted by Crippen LogP contribution is -2.31. The standard InChI is InChI=1S/C15H18N2O/c1-2-17(11-7-8-11)10-15(18)13-9-16-14-6-4-3-5-12(13)14/h3-6,9,11,16H,2,7-8,10H2,1H3. The minimum absolute atomic E-state index is 0.223. The maximum atomic E-state index is 12.4. The summed E-state index contributed by atoms with van der Waals surface area (Å²) in [6.07, 6.45) is 4.33. The van der Waals surface area contributed by atoms with Crippen molar-refractivity contribution in [2.24, 2.45) is 0 Å². The molecular formula is C15H18N2O. The van der Waals surface area contributed by atoms with E-state index in [0.29, 0.717) is 12.6 Å². The maximum Gasteiger partial charge on any atom is 0.178 e. The minimum Gasteiger partial charge on any atom is -0.360 e. The second kappa shape index (κ2) is 4.58. The van der Waals surface area contributed by atoms with Crippen LogP contribution in [-0.4, -0.2) is 34.8 Å². The number of carbonyl (C=O) groups is 1. The highest BCUT2D eigenvalue weighted by molar-refractivity contribution is 6.08. The molecule has 1 aromatic carbocycles. The quantitative estimate of drug-likeness (QED) is 0.818. The van der Waals surface area contributed by atoms with Gasteiger partial charge in [0.05, 0.1) is 6.54 Å². The molecule has 1 N–H and O–H groups in total.